The number of rotatable bonds is 3. The van der Waals surface area contributed by atoms with Crippen molar-refractivity contribution < 1.29 is 14.0 Å². The number of nitriles is 1. The van der Waals surface area contributed by atoms with Crippen molar-refractivity contribution in [3.05, 3.63) is 0 Å². The van der Waals surface area contributed by atoms with Gasteiger partial charge in [0.25, 0.3) is 0 Å². The zero-order valence-corrected chi connectivity index (χ0v) is 16.9. The molecule has 1 rings (SSSR count). The molecule has 0 saturated carbocycles. The highest BCUT2D eigenvalue weighted by Gasteiger charge is 2.41. The van der Waals surface area contributed by atoms with E-state index < -0.39 is 13.9 Å². The molecule has 0 aromatic heterocycles. The van der Waals surface area contributed by atoms with Gasteiger partial charge in [0.15, 0.2) is 8.32 Å². The largest absolute Gasteiger partial charge is 0.444 e. The van der Waals surface area contributed by atoms with Gasteiger partial charge in [0, 0.05) is 6.54 Å². The fraction of sp³-hybridized carbons (Fsp3) is 0.882. The molecular weight excluding hydrogens is 308 g/mol. The first-order valence-electron chi connectivity index (χ1n) is 8.30. The topological polar surface area (TPSA) is 62.6 Å². The molecule has 1 aliphatic heterocycles. The van der Waals surface area contributed by atoms with Crippen molar-refractivity contribution in [2.75, 3.05) is 13.2 Å². The SMILES string of the molecule is CC(C)(C)OC(=O)N1C[C@@H](C#N)C[C@H]1CO[Si](C)(C)C(C)(C)C. The monoisotopic (exact) mass is 340 g/mol. The zero-order chi connectivity index (χ0) is 18.1. The molecule has 0 radical (unpaired) electrons. The minimum Gasteiger partial charge on any atom is -0.444 e. The van der Waals surface area contributed by atoms with Crippen molar-refractivity contribution in [1.82, 2.24) is 4.90 Å². The minimum absolute atomic E-state index is 0.0800. The molecule has 132 valence electrons. The maximum Gasteiger partial charge on any atom is 0.410 e. The quantitative estimate of drug-likeness (QED) is 0.724. The molecule has 0 N–H and O–H groups in total. The summed E-state index contributed by atoms with van der Waals surface area (Å²) < 4.78 is 11.7. The fourth-order valence-electron chi connectivity index (χ4n) is 2.23. The van der Waals surface area contributed by atoms with Crippen molar-refractivity contribution in [1.29, 1.82) is 5.26 Å². The zero-order valence-electron chi connectivity index (χ0n) is 15.9. The molecule has 0 aromatic carbocycles. The molecule has 0 spiro atoms. The van der Waals surface area contributed by atoms with Crippen LogP contribution < -0.4 is 0 Å². The van der Waals surface area contributed by atoms with Crippen LogP contribution in [0.1, 0.15) is 48.0 Å². The van der Waals surface area contributed by atoms with E-state index >= 15 is 0 Å². The standard InChI is InChI=1S/C17H32N2O3Si/c1-16(2,3)22-15(20)19-11-13(10-18)9-14(19)12-21-23(7,8)17(4,5)6/h13-14H,9,11-12H2,1-8H3/t13-,14+/m1/s1. The van der Waals surface area contributed by atoms with Crippen LogP contribution in [0.2, 0.25) is 18.1 Å². The second kappa shape index (κ2) is 6.82. The molecule has 0 aliphatic carbocycles. The maximum atomic E-state index is 12.4. The molecular formula is C17H32N2O3Si. The van der Waals surface area contributed by atoms with Crippen LogP contribution in [-0.2, 0) is 9.16 Å². The highest BCUT2D eigenvalue weighted by atomic mass is 28.4. The fourth-order valence-corrected chi connectivity index (χ4v) is 3.28. The van der Waals surface area contributed by atoms with Crippen molar-refractivity contribution in [3.63, 3.8) is 0 Å². The average Bonchev–Trinajstić information content (AvgIpc) is 2.76. The Morgan fingerprint density at radius 1 is 1.26 bits per heavy atom. The molecule has 23 heavy (non-hydrogen) atoms. The summed E-state index contributed by atoms with van der Waals surface area (Å²) >= 11 is 0. The summed E-state index contributed by atoms with van der Waals surface area (Å²) in [6.45, 7) is 17.4. The summed E-state index contributed by atoms with van der Waals surface area (Å²) in [7, 11) is -1.88. The molecule has 6 heteroatoms. The number of ether oxygens (including phenoxy) is 1. The number of carbonyl (C=O) groups excluding carboxylic acids is 1. The Balaban J connectivity index is 2.78. The lowest BCUT2D eigenvalue weighted by Gasteiger charge is -2.38. The lowest BCUT2D eigenvalue weighted by Crippen LogP contribution is -2.46. The lowest BCUT2D eigenvalue weighted by atomic mass is 10.1. The number of likely N-dealkylation sites (tertiary alicyclic amines) is 1. The second-order valence-corrected chi connectivity index (χ2v) is 13.7. The van der Waals surface area contributed by atoms with E-state index in [0.29, 0.717) is 19.6 Å². The van der Waals surface area contributed by atoms with Crippen LogP contribution in [0.25, 0.3) is 0 Å². The van der Waals surface area contributed by atoms with Gasteiger partial charge in [-0.3, -0.25) is 0 Å². The minimum atomic E-state index is -1.88. The van der Waals surface area contributed by atoms with Gasteiger partial charge in [-0.1, -0.05) is 20.8 Å². The van der Waals surface area contributed by atoms with Gasteiger partial charge < -0.3 is 14.1 Å². The van der Waals surface area contributed by atoms with Crippen LogP contribution in [0.4, 0.5) is 4.79 Å². The molecule has 0 unspecified atom stereocenters. The summed E-state index contributed by atoms with van der Waals surface area (Å²) in [5, 5.41) is 9.33. The molecule has 1 aliphatic rings. The number of amides is 1. The number of carbonyl (C=O) groups is 1. The van der Waals surface area contributed by atoms with Gasteiger partial charge in [-0.2, -0.15) is 5.26 Å². The first-order valence-corrected chi connectivity index (χ1v) is 11.2. The molecule has 1 saturated heterocycles. The second-order valence-electron chi connectivity index (χ2n) is 8.92. The number of nitrogens with zero attached hydrogens (tertiary/aromatic N) is 2. The van der Waals surface area contributed by atoms with Gasteiger partial charge >= 0.3 is 6.09 Å². The molecule has 0 aromatic rings. The smallest absolute Gasteiger partial charge is 0.410 e. The van der Waals surface area contributed by atoms with E-state index in [1.165, 1.54) is 0 Å². The first kappa shape index (κ1) is 20.0. The van der Waals surface area contributed by atoms with Gasteiger partial charge in [0.05, 0.1) is 24.6 Å². The first-order chi connectivity index (χ1) is 10.3. The number of hydrogen-bond acceptors (Lipinski definition) is 4. The van der Waals surface area contributed by atoms with Crippen molar-refractivity contribution in [2.24, 2.45) is 5.92 Å². The third-order valence-corrected chi connectivity index (χ3v) is 9.17. The van der Waals surface area contributed by atoms with E-state index in [4.69, 9.17) is 9.16 Å². The Morgan fingerprint density at radius 2 is 1.83 bits per heavy atom. The van der Waals surface area contributed by atoms with E-state index in [0.717, 1.165) is 0 Å². The van der Waals surface area contributed by atoms with Gasteiger partial charge in [0.2, 0.25) is 0 Å². The van der Waals surface area contributed by atoms with E-state index in [9.17, 15) is 10.1 Å². The molecule has 0 bridgehead atoms. The van der Waals surface area contributed by atoms with Gasteiger partial charge in [-0.25, -0.2) is 4.79 Å². The predicted octanol–water partition coefficient (Wildman–Crippen LogP) is 4.16. The normalized spacial score (nSPS) is 22.8. The maximum absolute atomic E-state index is 12.4. The highest BCUT2D eigenvalue weighted by Crippen LogP contribution is 2.37. The summed E-state index contributed by atoms with van der Waals surface area (Å²) in [5.41, 5.74) is -0.535. The third kappa shape index (κ3) is 5.50. The Hall–Kier alpha value is -1.06. The number of hydrogen-bond donors (Lipinski definition) is 0. The Kier molecular flexibility index (Phi) is 5.92. The molecule has 1 fully saturated rings. The average molecular weight is 341 g/mol. The van der Waals surface area contributed by atoms with Gasteiger partial charge in [-0.05, 0) is 45.3 Å². The van der Waals surface area contributed by atoms with Gasteiger partial charge in [0.1, 0.15) is 5.60 Å². The highest BCUT2D eigenvalue weighted by molar-refractivity contribution is 6.74. The lowest BCUT2D eigenvalue weighted by molar-refractivity contribution is 0.0179. The van der Waals surface area contributed by atoms with Crippen LogP contribution >= 0.6 is 0 Å². The van der Waals surface area contributed by atoms with E-state index in [1.807, 2.05) is 20.8 Å². The van der Waals surface area contributed by atoms with Crippen LogP contribution in [0.15, 0.2) is 0 Å². The van der Waals surface area contributed by atoms with Crippen LogP contribution in [0.3, 0.4) is 0 Å². The molecule has 1 heterocycles. The Labute approximate surface area is 142 Å². The van der Waals surface area contributed by atoms with E-state index in [-0.39, 0.29) is 23.1 Å². The third-order valence-electron chi connectivity index (χ3n) is 4.67. The molecule has 2 atom stereocenters. The van der Waals surface area contributed by atoms with Gasteiger partial charge in [-0.15, -0.1) is 0 Å². The summed E-state index contributed by atoms with van der Waals surface area (Å²) in [4.78, 5) is 14.1. The van der Waals surface area contributed by atoms with Crippen LogP contribution in [0, 0.1) is 17.2 Å². The summed E-state index contributed by atoms with van der Waals surface area (Å²) in [5.74, 6) is -0.143. The van der Waals surface area contributed by atoms with Crippen LogP contribution in [0.5, 0.6) is 0 Å². The van der Waals surface area contributed by atoms with Crippen LogP contribution in [-0.4, -0.2) is 44.1 Å². The van der Waals surface area contributed by atoms with E-state index in [2.05, 4.69) is 39.9 Å². The van der Waals surface area contributed by atoms with E-state index in [1.54, 1.807) is 4.90 Å². The Morgan fingerprint density at radius 3 is 2.26 bits per heavy atom. The van der Waals surface area contributed by atoms with Crippen molar-refractivity contribution in [3.8, 4) is 6.07 Å². The summed E-state index contributed by atoms with van der Waals surface area (Å²) in [6, 6.07) is 2.20. The Bertz CT molecular complexity index is 472. The summed E-state index contributed by atoms with van der Waals surface area (Å²) in [6.07, 6.45) is 0.309. The van der Waals surface area contributed by atoms with Crippen molar-refractivity contribution in [2.45, 2.75) is 77.7 Å². The van der Waals surface area contributed by atoms with Crippen molar-refractivity contribution >= 4 is 14.4 Å². The molecule has 1 amide bonds. The molecule has 5 nitrogen and oxygen atoms in total. The predicted molar refractivity (Wildman–Crippen MR) is 93.6 cm³/mol.